The topological polar surface area (TPSA) is 157 Å². The van der Waals surface area contributed by atoms with E-state index < -0.39 is 52.5 Å². The summed E-state index contributed by atoms with van der Waals surface area (Å²) in [5.74, 6) is -4.39. The van der Waals surface area contributed by atoms with E-state index in [0.29, 0.717) is 18.4 Å². The Morgan fingerprint density at radius 3 is 2.07 bits per heavy atom. The molecule has 3 amide bonds. The largest absolute Gasteiger partial charge is 0.493 e. The average molecular weight is 639 g/mol. The third-order valence-electron chi connectivity index (χ3n) is 7.34. The first-order valence-electron chi connectivity index (χ1n) is 14.4. The van der Waals surface area contributed by atoms with Crippen molar-refractivity contribution in [1.29, 1.82) is 0 Å². The number of ketones is 1. The molecule has 11 nitrogen and oxygen atoms in total. The van der Waals surface area contributed by atoms with E-state index in [1.807, 2.05) is 30.3 Å². The van der Waals surface area contributed by atoms with Crippen molar-refractivity contribution in [3.05, 3.63) is 59.2 Å². The molecule has 0 unspecified atom stereocenters. The number of alkyl halides is 2. The van der Waals surface area contributed by atoms with Gasteiger partial charge in [0.15, 0.2) is 5.78 Å². The van der Waals surface area contributed by atoms with Gasteiger partial charge < -0.3 is 19.7 Å². The number of carbonyl (C=O) groups excluding carboxylic acids is 3. The molecular weight excluding hydrogens is 598 g/mol. The van der Waals surface area contributed by atoms with Gasteiger partial charge in [0.05, 0.1) is 19.3 Å². The van der Waals surface area contributed by atoms with Crippen molar-refractivity contribution in [2.45, 2.75) is 77.3 Å². The minimum Gasteiger partial charge on any atom is -0.493 e. The predicted molar refractivity (Wildman–Crippen MR) is 160 cm³/mol. The monoisotopic (exact) mass is 638 g/mol. The Balaban J connectivity index is 1.96. The lowest BCUT2D eigenvalue weighted by molar-refractivity contribution is -0.159. The maximum Gasteiger partial charge on any atom is 0.318 e. The van der Waals surface area contributed by atoms with E-state index >= 15 is 0 Å². The molecule has 4 N–H and O–H groups in total. The molecule has 1 saturated carbocycles. The van der Waals surface area contributed by atoms with Crippen LogP contribution in [0.2, 0.25) is 0 Å². The molecule has 2 aromatic rings. The molecule has 1 aliphatic rings. The molecule has 44 heavy (non-hydrogen) atoms. The number of halogens is 2. The molecule has 0 bridgehead atoms. The summed E-state index contributed by atoms with van der Waals surface area (Å²) < 4.78 is 64.2. The van der Waals surface area contributed by atoms with Crippen molar-refractivity contribution in [3.8, 4) is 11.5 Å². The molecule has 0 spiro atoms. The number of nitrogens with two attached hydrogens (primary N) is 1. The summed E-state index contributed by atoms with van der Waals surface area (Å²) in [6.07, 6.45) is -0.262. The van der Waals surface area contributed by atoms with Crippen molar-refractivity contribution in [1.82, 2.24) is 14.9 Å². The number of benzene rings is 2. The quantitative estimate of drug-likeness (QED) is 0.194. The molecule has 1 atom stereocenters. The fourth-order valence-electron chi connectivity index (χ4n) is 5.28. The van der Waals surface area contributed by atoms with E-state index in [0.717, 1.165) is 12.0 Å². The van der Waals surface area contributed by atoms with Crippen LogP contribution in [0.1, 0.15) is 80.9 Å². The number of hydrogen-bond donors (Lipinski definition) is 3. The second kappa shape index (κ2) is 14.3. The van der Waals surface area contributed by atoms with Crippen LogP contribution in [-0.4, -0.2) is 62.3 Å². The molecule has 242 valence electrons. The standard InChI is InChI=1S/C30H40F2N4O7S/c1-5-42-24-16-23(17-25(43-6-2)26(24)21(4)37)20(3)36(15-11-10-14-22-12-8-7-9-13-22)28(39)34-29(18-30(31,32)19-29)27(38)35-44(33,40)41/h7-9,12-13,16-17,20H,5-6,10-11,14-15,18-19H2,1-4H3,(H,34,39)(H,35,38)(H2,33,40,41)/t20-/m1/s1. The molecule has 14 heteroatoms. The number of nitrogens with zero attached hydrogens (tertiary/aromatic N) is 1. The second-order valence-electron chi connectivity index (χ2n) is 10.8. The summed E-state index contributed by atoms with van der Waals surface area (Å²) in [6.45, 7) is 7.27. The molecule has 2 aromatic carbocycles. The number of unbranched alkanes of at least 4 members (excludes halogenated alkanes) is 1. The number of nitrogens with one attached hydrogen (secondary N) is 2. The second-order valence-corrected chi connectivity index (χ2v) is 12.1. The third kappa shape index (κ3) is 8.88. The van der Waals surface area contributed by atoms with Gasteiger partial charge in [-0.1, -0.05) is 30.3 Å². The number of rotatable bonds is 15. The third-order valence-corrected chi connectivity index (χ3v) is 7.81. The minimum atomic E-state index is -4.58. The highest BCUT2D eigenvalue weighted by Gasteiger charge is 2.62. The van der Waals surface area contributed by atoms with Gasteiger partial charge in [-0.2, -0.15) is 8.42 Å². The minimum absolute atomic E-state index is 0.158. The number of ether oxygens (including phenoxy) is 2. The van der Waals surface area contributed by atoms with Crippen molar-refractivity contribution < 1.29 is 41.1 Å². The summed E-state index contributed by atoms with van der Waals surface area (Å²) >= 11 is 0. The number of aryl methyl sites for hydroxylation is 1. The van der Waals surface area contributed by atoms with Gasteiger partial charge in [-0.05, 0) is 70.2 Å². The van der Waals surface area contributed by atoms with Crippen LogP contribution in [0, 0.1) is 0 Å². The van der Waals surface area contributed by atoms with Crippen molar-refractivity contribution in [2.75, 3.05) is 19.8 Å². The summed E-state index contributed by atoms with van der Waals surface area (Å²) in [5, 5.41) is 7.30. The lowest BCUT2D eigenvalue weighted by Gasteiger charge is -2.46. The summed E-state index contributed by atoms with van der Waals surface area (Å²) in [6, 6.07) is 11.4. The van der Waals surface area contributed by atoms with Crippen LogP contribution in [0.5, 0.6) is 11.5 Å². The Bertz CT molecular complexity index is 1420. The van der Waals surface area contributed by atoms with Gasteiger partial charge in [-0.15, -0.1) is 0 Å². The maximum absolute atomic E-state index is 14.1. The van der Waals surface area contributed by atoms with Gasteiger partial charge in [-0.3, -0.25) is 9.59 Å². The molecule has 1 fully saturated rings. The highest BCUT2D eigenvalue weighted by atomic mass is 32.2. The van der Waals surface area contributed by atoms with E-state index in [2.05, 4.69) is 5.32 Å². The van der Waals surface area contributed by atoms with Crippen LogP contribution in [0.3, 0.4) is 0 Å². The summed E-state index contributed by atoms with van der Waals surface area (Å²) in [4.78, 5) is 40.5. The molecule has 0 radical (unpaired) electrons. The average Bonchev–Trinajstić information content (AvgIpc) is 2.91. The number of urea groups is 1. The van der Waals surface area contributed by atoms with Crippen LogP contribution in [0.15, 0.2) is 42.5 Å². The first-order chi connectivity index (χ1) is 20.6. The lowest BCUT2D eigenvalue weighted by atomic mass is 9.73. The smallest absolute Gasteiger partial charge is 0.318 e. The van der Waals surface area contributed by atoms with Crippen molar-refractivity contribution in [3.63, 3.8) is 0 Å². The first kappa shape index (κ1) is 34.7. The van der Waals surface area contributed by atoms with E-state index in [1.165, 1.54) is 16.5 Å². The zero-order valence-electron chi connectivity index (χ0n) is 25.3. The molecule has 0 aliphatic heterocycles. The normalized spacial score (nSPS) is 15.8. The van der Waals surface area contributed by atoms with E-state index in [9.17, 15) is 31.6 Å². The van der Waals surface area contributed by atoms with E-state index in [1.54, 1.807) is 32.9 Å². The zero-order chi connectivity index (χ0) is 32.7. The van der Waals surface area contributed by atoms with Crippen LogP contribution in [-0.2, 0) is 21.4 Å². The van der Waals surface area contributed by atoms with Crippen LogP contribution < -0.4 is 24.7 Å². The lowest BCUT2D eigenvalue weighted by Crippen LogP contribution is -2.71. The van der Waals surface area contributed by atoms with Gasteiger partial charge in [0.2, 0.25) is 0 Å². The van der Waals surface area contributed by atoms with Gasteiger partial charge in [0, 0.05) is 19.4 Å². The van der Waals surface area contributed by atoms with E-state index in [4.69, 9.17) is 14.6 Å². The van der Waals surface area contributed by atoms with Crippen molar-refractivity contribution in [2.24, 2.45) is 5.14 Å². The Hall–Kier alpha value is -3.78. The van der Waals surface area contributed by atoms with Crippen LogP contribution in [0.4, 0.5) is 13.6 Å². The fourth-order valence-corrected chi connectivity index (χ4v) is 5.74. The maximum atomic E-state index is 14.1. The molecule has 3 rings (SSSR count). The Labute approximate surface area is 256 Å². The van der Waals surface area contributed by atoms with Crippen molar-refractivity contribution >= 4 is 27.9 Å². The van der Waals surface area contributed by atoms with Gasteiger partial charge in [0.1, 0.15) is 22.6 Å². The first-order valence-corrected chi connectivity index (χ1v) is 16.0. The Morgan fingerprint density at radius 1 is 1.02 bits per heavy atom. The predicted octanol–water partition coefficient (Wildman–Crippen LogP) is 4.27. The fraction of sp³-hybridized carbons (Fsp3) is 0.500. The SMILES string of the molecule is CCOc1cc([C@@H](C)N(CCCCc2ccccc2)C(=O)NC2(C(=O)NS(N)(=O)=O)CC(F)(F)C2)cc(OCC)c1C(C)=O. The molecule has 0 saturated heterocycles. The Morgan fingerprint density at radius 2 is 1.59 bits per heavy atom. The molecule has 1 aliphatic carbocycles. The number of carbonyl (C=O) groups is 3. The summed E-state index contributed by atoms with van der Waals surface area (Å²) in [7, 11) is -4.58. The van der Waals surface area contributed by atoms with Crippen LogP contribution >= 0.6 is 0 Å². The highest BCUT2D eigenvalue weighted by Crippen LogP contribution is 2.46. The van der Waals surface area contributed by atoms with Gasteiger partial charge >= 0.3 is 6.03 Å². The van der Waals surface area contributed by atoms with Crippen LogP contribution in [0.25, 0.3) is 0 Å². The van der Waals surface area contributed by atoms with Gasteiger partial charge in [-0.25, -0.2) is 23.4 Å². The summed E-state index contributed by atoms with van der Waals surface area (Å²) in [5.41, 5.74) is -0.309. The number of Topliss-reactive ketones (excluding diaryl/α,β-unsaturated/α-hetero) is 1. The highest BCUT2D eigenvalue weighted by molar-refractivity contribution is 7.87. The van der Waals surface area contributed by atoms with E-state index in [-0.39, 0.29) is 42.6 Å². The van der Waals surface area contributed by atoms with Gasteiger partial charge in [0.25, 0.3) is 22.0 Å². The molecular formula is C30H40F2N4O7S. The molecule has 0 heterocycles. The number of amides is 3. The Kier molecular flexibility index (Phi) is 11.3. The molecule has 0 aromatic heterocycles. The number of hydrogen-bond acceptors (Lipinski definition) is 7. The zero-order valence-corrected chi connectivity index (χ0v) is 26.1.